The third-order valence-electron chi connectivity index (χ3n) is 2.57. The molecule has 0 N–H and O–H groups in total. The van der Waals surface area contributed by atoms with Gasteiger partial charge in [-0.2, -0.15) is 15.2 Å². The predicted octanol–water partition coefficient (Wildman–Crippen LogP) is -1.40. The van der Waals surface area contributed by atoms with Crippen LogP contribution in [0.4, 0.5) is 4.79 Å². The van der Waals surface area contributed by atoms with Gasteiger partial charge in [0.1, 0.15) is 5.60 Å². The Morgan fingerprint density at radius 1 is 1.43 bits per heavy atom. The Kier molecular flexibility index (Phi) is 8.44. The van der Waals surface area contributed by atoms with E-state index >= 15 is 0 Å². The van der Waals surface area contributed by atoms with E-state index in [2.05, 4.69) is 11.1 Å². The molecule has 0 saturated heterocycles. The van der Waals surface area contributed by atoms with Crippen molar-refractivity contribution in [3.8, 4) is 0 Å². The quantitative estimate of drug-likeness (QED) is 0.435. The van der Waals surface area contributed by atoms with Crippen molar-refractivity contribution in [3.63, 3.8) is 0 Å². The van der Waals surface area contributed by atoms with Crippen molar-refractivity contribution in [1.29, 1.82) is 0 Å². The maximum atomic E-state index is 11.9. The van der Waals surface area contributed by atoms with Crippen molar-refractivity contribution in [1.82, 2.24) is 9.88 Å². The first kappa shape index (κ1) is 19.8. The summed E-state index contributed by atoms with van der Waals surface area (Å²) >= 11 is 0. The van der Waals surface area contributed by atoms with E-state index in [0.717, 1.165) is 12.1 Å². The Bertz CT molecular complexity index is 508. The summed E-state index contributed by atoms with van der Waals surface area (Å²) in [6.07, 6.45) is 2.44. The molecule has 21 heavy (non-hydrogen) atoms. The fourth-order valence-corrected chi connectivity index (χ4v) is 1.78. The molecule has 0 spiro atoms. The molecule has 1 aromatic heterocycles. The van der Waals surface area contributed by atoms with E-state index in [1.165, 1.54) is 5.56 Å². The van der Waals surface area contributed by atoms with E-state index in [1.54, 1.807) is 11.1 Å². The molecule has 0 bridgehead atoms. The van der Waals surface area contributed by atoms with Gasteiger partial charge in [0.05, 0.1) is 0 Å². The molecule has 1 amide bonds. The first-order valence-electron chi connectivity index (χ1n) is 6.18. The molecule has 1 aliphatic heterocycles. The monoisotopic (exact) mass is 300 g/mol. The number of fused-ring (bicyclic) bond motifs is 1. The van der Waals surface area contributed by atoms with Gasteiger partial charge in [-0.25, -0.2) is 16.9 Å². The van der Waals surface area contributed by atoms with Crippen LogP contribution in [0.3, 0.4) is 0 Å². The van der Waals surface area contributed by atoms with E-state index in [-0.39, 0.29) is 41.8 Å². The zero-order chi connectivity index (χ0) is 15.2. The summed E-state index contributed by atoms with van der Waals surface area (Å²) in [5, 5.41) is 0. The first-order chi connectivity index (χ1) is 9.37. The number of rotatable bonds is 0. The molecular weight excluding hydrogens is 283 g/mol. The third-order valence-corrected chi connectivity index (χ3v) is 2.57. The number of hydrogen-bond acceptors (Lipinski definition) is 5. The van der Waals surface area contributed by atoms with Crippen molar-refractivity contribution in [2.24, 2.45) is 0 Å². The van der Waals surface area contributed by atoms with E-state index in [4.69, 9.17) is 14.3 Å². The van der Waals surface area contributed by atoms with Crippen LogP contribution in [0.1, 0.15) is 32.0 Å². The maximum absolute atomic E-state index is 11.9. The average molecular weight is 300 g/mol. The van der Waals surface area contributed by atoms with Crippen molar-refractivity contribution < 1.29 is 48.7 Å². The molecule has 0 atom stereocenters. The van der Waals surface area contributed by atoms with Gasteiger partial charge in [0.15, 0.2) is 0 Å². The van der Waals surface area contributed by atoms with E-state index in [1.807, 2.05) is 26.8 Å². The third kappa shape index (κ3) is 6.87. The van der Waals surface area contributed by atoms with Crippen LogP contribution in [-0.2, 0) is 27.3 Å². The van der Waals surface area contributed by atoms with Gasteiger partial charge in [0.2, 0.25) is 0 Å². The summed E-state index contributed by atoms with van der Waals surface area (Å²) < 4.78 is 5.34. The minimum absolute atomic E-state index is 0. The predicted molar refractivity (Wildman–Crippen MR) is 68.4 cm³/mol. The van der Waals surface area contributed by atoms with Crippen LogP contribution in [0.15, 0.2) is 12.3 Å². The molecule has 0 unspecified atom stereocenters. The van der Waals surface area contributed by atoms with E-state index < -0.39 is 5.60 Å². The minimum atomic E-state index is -0.449. The normalized spacial score (nSPS) is 12.8. The van der Waals surface area contributed by atoms with Crippen molar-refractivity contribution in [3.05, 3.63) is 29.6 Å². The zero-order valence-electron chi connectivity index (χ0n) is 12.8. The molecule has 6 nitrogen and oxygen atoms in total. The number of pyridine rings is 1. The Morgan fingerprint density at radius 2 is 2.05 bits per heavy atom. The van der Waals surface area contributed by atoms with Gasteiger partial charge >= 0.3 is 41.8 Å². The van der Waals surface area contributed by atoms with Crippen LogP contribution in [0.2, 0.25) is 0 Å². The standard InChI is InChI=1S/C13H17N2O2.CO2.Na/c1-13(2,3)17-12(16)15-8-6-10-5-4-7-14-11(10)9-15;2-1-3;/h5,7H,6,8-9H2,1-3H3;;/q-1;;+1. The second-order valence-electron chi connectivity index (χ2n) is 5.28. The number of carbonyl (C=O) groups is 1. The molecule has 2 rings (SSSR count). The van der Waals surface area contributed by atoms with Crippen LogP contribution < -0.4 is 29.6 Å². The van der Waals surface area contributed by atoms with Crippen molar-refractivity contribution >= 4 is 12.2 Å². The van der Waals surface area contributed by atoms with Gasteiger partial charge in [0.25, 0.3) is 0 Å². The van der Waals surface area contributed by atoms with Crippen LogP contribution in [0, 0.1) is 6.07 Å². The van der Waals surface area contributed by atoms with E-state index in [9.17, 15) is 4.79 Å². The molecule has 0 radical (unpaired) electrons. The Morgan fingerprint density at radius 3 is 2.62 bits per heavy atom. The molecule has 2 heterocycles. The van der Waals surface area contributed by atoms with Crippen LogP contribution >= 0.6 is 0 Å². The molecule has 0 saturated carbocycles. The summed E-state index contributed by atoms with van der Waals surface area (Å²) in [6, 6.07) is 4.90. The van der Waals surface area contributed by atoms with Crippen LogP contribution in [0.25, 0.3) is 0 Å². The first-order valence-corrected chi connectivity index (χ1v) is 6.18. The van der Waals surface area contributed by atoms with Crippen molar-refractivity contribution in [2.75, 3.05) is 6.54 Å². The topological polar surface area (TPSA) is 76.6 Å². The second kappa shape index (κ2) is 8.95. The molecule has 1 aromatic rings. The van der Waals surface area contributed by atoms with Gasteiger partial charge in [-0.3, -0.25) is 4.98 Å². The molecule has 1 aliphatic rings. The summed E-state index contributed by atoms with van der Waals surface area (Å²) in [4.78, 5) is 34.1. The summed E-state index contributed by atoms with van der Waals surface area (Å²) in [7, 11) is 0. The Labute approximate surface area is 146 Å². The fourth-order valence-electron chi connectivity index (χ4n) is 1.78. The van der Waals surface area contributed by atoms with E-state index in [0.29, 0.717) is 13.1 Å². The number of ether oxygens (including phenoxy) is 1. The van der Waals surface area contributed by atoms with Crippen LogP contribution in [-0.4, -0.2) is 34.3 Å². The molecule has 7 heteroatoms. The molecule has 0 fully saturated rings. The van der Waals surface area contributed by atoms with Gasteiger partial charge < -0.3 is 9.64 Å². The molecular formula is C14H17N2NaO4. The minimum Gasteiger partial charge on any atom is -0.444 e. The van der Waals surface area contributed by atoms with Gasteiger partial charge in [-0.05, 0) is 26.5 Å². The number of carbonyl (C=O) groups excluding carboxylic acids is 3. The second-order valence-corrected chi connectivity index (χ2v) is 5.28. The number of hydrogen-bond donors (Lipinski definition) is 0. The Balaban J connectivity index is 0.000000922. The fraction of sp³-hybridized carbons (Fsp3) is 0.500. The zero-order valence-corrected chi connectivity index (χ0v) is 14.8. The smallest absolute Gasteiger partial charge is 0.444 e. The van der Waals surface area contributed by atoms with Crippen molar-refractivity contribution in [2.45, 2.75) is 39.3 Å². The molecule has 0 aliphatic carbocycles. The Hall–Kier alpha value is -1.20. The van der Waals surface area contributed by atoms with Gasteiger partial charge in [0, 0.05) is 13.1 Å². The molecule has 0 aromatic carbocycles. The van der Waals surface area contributed by atoms with Gasteiger partial charge in [-0.15, -0.1) is 0 Å². The summed E-state index contributed by atoms with van der Waals surface area (Å²) in [5.41, 5.74) is 1.67. The van der Waals surface area contributed by atoms with Gasteiger partial charge in [-0.1, -0.05) is 12.6 Å². The number of amides is 1. The average Bonchev–Trinajstić information content (AvgIpc) is 2.37. The number of nitrogens with zero attached hydrogens (tertiary/aromatic N) is 2. The number of aromatic nitrogens is 1. The summed E-state index contributed by atoms with van der Waals surface area (Å²) in [6.45, 7) is 6.82. The largest absolute Gasteiger partial charge is 1.00 e. The summed E-state index contributed by atoms with van der Waals surface area (Å²) in [5.74, 6) is 0. The molecule has 108 valence electrons. The van der Waals surface area contributed by atoms with Crippen LogP contribution in [0.5, 0.6) is 0 Å². The maximum Gasteiger partial charge on any atom is 1.00 e. The SMILES string of the molecule is CC(C)(C)OC(=O)N1CCc2c[c-]cnc2C1.O=C=O.[Na+].